The van der Waals surface area contributed by atoms with Crippen molar-refractivity contribution in [3.8, 4) is 0 Å². The van der Waals surface area contributed by atoms with E-state index in [9.17, 15) is 5.11 Å². The Kier molecular flexibility index (Phi) is 7.11. The Morgan fingerprint density at radius 3 is 2.62 bits per heavy atom. The van der Waals surface area contributed by atoms with Gasteiger partial charge in [-0.1, -0.05) is 58.8 Å². The van der Waals surface area contributed by atoms with Gasteiger partial charge in [0.15, 0.2) is 0 Å². The maximum Gasteiger partial charge on any atom is 0.0542 e. The zero-order chi connectivity index (χ0) is 11.8. The van der Waals surface area contributed by atoms with E-state index >= 15 is 0 Å². The minimum absolute atomic E-state index is 0.00354. The molecule has 0 aromatic carbocycles. The van der Waals surface area contributed by atoms with E-state index in [-0.39, 0.29) is 6.10 Å². The van der Waals surface area contributed by atoms with Gasteiger partial charge in [-0.05, 0) is 31.1 Å². The van der Waals surface area contributed by atoms with Crippen molar-refractivity contribution >= 4 is 0 Å². The maximum absolute atomic E-state index is 9.82. The normalized spacial score (nSPS) is 28.7. The molecule has 16 heavy (non-hydrogen) atoms. The van der Waals surface area contributed by atoms with Gasteiger partial charge < -0.3 is 5.11 Å². The monoisotopic (exact) mass is 226 g/mol. The number of aliphatic hydroxyl groups excluding tert-OH is 1. The second-order valence-corrected chi connectivity index (χ2v) is 5.69. The molecule has 1 nitrogen and oxygen atoms in total. The molecular formula is C15H30O. The Hall–Kier alpha value is -0.0400. The van der Waals surface area contributed by atoms with Gasteiger partial charge in [-0.15, -0.1) is 0 Å². The number of rotatable bonds is 6. The molecule has 0 bridgehead atoms. The Balaban J connectivity index is 2.31. The van der Waals surface area contributed by atoms with Crippen LogP contribution in [0.2, 0.25) is 0 Å². The number of hydrogen-bond acceptors (Lipinski definition) is 1. The maximum atomic E-state index is 9.82. The fraction of sp³-hybridized carbons (Fsp3) is 1.00. The molecule has 0 amide bonds. The van der Waals surface area contributed by atoms with Crippen LogP contribution in [-0.4, -0.2) is 11.2 Å². The molecule has 0 spiro atoms. The van der Waals surface area contributed by atoms with Crippen LogP contribution >= 0.6 is 0 Å². The number of hydrogen-bond donors (Lipinski definition) is 1. The zero-order valence-electron chi connectivity index (χ0n) is 11.3. The van der Waals surface area contributed by atoms with Crippen LogP contribution < -0.4 is 0 Å². The van der Waals surface area contributed by atoms with E-state index in [0.717, 1.165) is 24.7 Å². The second-order valence-electron chi connectivity index (χ2n) is 5.69. The van der Waals surface area contributed by atoms with Gasteiger partial charge >= 0.3 is 0 Å². The van der Waals surface area contributed by atoms with Crippen molar-refractivity contribution < 1.29 is 5.11 Å². The van der Waals surface area contributed by atoms with Gasteiger partial charge in [-0.25, -0.2) is 0 Å². The second kappa shape index (κ2) is 8.11. The molecule has 1 aliphatic carbocycles. The molecule has 3 unspecified atom stereocenters. The molecule has 3 atom stereocenters. The lowest BCUT2D eigenvalue weighted by Crippen LogP contribution is -2.14. The standard InChI is InChI=1S/C15H30O/c1-3-5-8-13(4-2)11-14-9-6-7-10-15(16)12-14/h13-16H,3-12H2,1-2H3. The summed E-state index contributed by atoms with van der Waals surface area (Å²) >= 11 is 0. The molecule has 1 N–H and O–H groups in total. The van der Waals surface area contributed by atoms with Crippen molar-refractivity contribution in [2.75, 3.05) is 0 Å². The summed E-state index contributed by atoms with van der Waals surface area (Å²) in [5.41, 5.74) is 0. The third-order valence-electron chi connectivity index (χ3n) is 4.22. The van der Waals surface area contributed by atoms with Crippen molar-refractivity contribution in [1.29, 1.82) is 0 Å². The summed E-state index contributed by atoms with van der Waals surface area (Å²) in [5, 5.41) is 9.82. The molecule has 1 heteroatoms. The number of unbranched alkanes of at least 4 members (excludes halogenated alkanes) is 1. The van der Waals surface area contributed by atoms with Crippen LogP contribution in [0, 0.1) is 11.8 Å². The molecule has 0 saturated heterocycles. The molecule has 96 valence electrons. The molecule has 1 fully saturated rings. The molecule has 1 aliphatic rings. The minimum Gasteiger partial charge on any atom is -0.393 e. The fourth-order valence-electron chi connectivity index (χ4n) is 3.10. The first-order valence-electron chi connectivity index (χ1n) is 7.44. The van der Waals surface area contributed by atoms with E-state index in [1.807, 2.05) is 0 Å². The van der Waals surface area contributed by atoms with Gasteiger partial charge in [0.05, 0.1) is 6.10 Å². The van der Waals surface area contributed by atoms with Crippen LogP contribution in [0.4, 0.5) is 0 Å². The summed E-state index contributed by atoms with van der Waals surface area (Å²) in [5.74, 6) is 1.72. The fourth-order valence-corrected chi connectivity index (χ4v) is 3.10. The molecule has 0 heterocycles. The highest BCUT2D eigenvalue weighted by atomic mass is 16.3. The predicted octanol–water partition coefficient (Wildman–Crippen LogP) is 4.53. The SMILES string of the molecule is CCCCC(CC)CC1CCCCC(O)C1. The summed E-state index contributed by atoms with van der Waals surface area (Å²) < 4.78 is 0. The first kappa shape index (κ1) is 14.0. The number of aliphatic hydroxyl groups is 1. The van der Waals surface area contributed by atoms with Crippen LogP contribution in [0.25, 0.3) is 0 Å². The van der Waals surface area contributed by atoms with E-state index in [0.29, 0.717) is 0 Å². The highest BCUT2D eigenvalue weighted by Gasteiger charge is 2.21. The van der Waals surface area contributed by atoms with Crippen molar-refractivity contribution in [2.24, 2.45) is 11.8 Å². The molecule has 1 saturated carbocycles. The molecule has 1 rings (SSSR count). The van der Waals surface area contributed by atoms with Crippen molar-refractivity contribution in [2.45, 2.75) is 84.2 Å². The lowest BCUT2D eigenvalue weighted by atomic mass is 9.85. The average molecular weight is 226 g/mol. The van der Waals surface area contributed by atoms with Gasteiger partial charge in [-0.3, -0.25) is 0 Å². The van der Waals surface area contributed by atoms with Gasteiger partial charge in [0, 0.05) is 0 Å². The van der Waals surface area contributed by atoms with Crippen LogP contribution in [0.3, 0.4) is 0 Å². The Labute approximate surface area is 102 Å². The van der Waals surface area contributed by atoms with Crippen LogP contribution in [0.15, 0.2) is 0 Å². The summed E-state index contributed by atoms with van der Waals surface area (Å²) in [7, 11) is 0. The Morgan fingerprint density at radius 1 is 1.19 bits per heavy atom. The largest absolute Gasteiger partial charge is 0.393 e. The van der Waals surface area contributed by atoms with Gasteiger partial charge in [0.1, 0.15) is 0 Å². The van der Waals surface area contributed by atoms with Crippen LogP contribution in [-0.2, 0) is 0 Å². The lowest BCUT2D eigenvalue weighted by molar-refractivity contribution is 0.133. The highest BCUT2D eigenvalue weighted by Crippen LogP contribution is 2.31. The van der Waals surface area contributed by atoms with E-state index in [1.165, 1.54) is 51.4 Å². The molecule has 0 aromatic heterocycles. The van der Waals surface area contributed by atoms with Gasteiger partial charge in [-0.2, -0.15) is 0 Å². The molecular weight excluding hydrogens is 196 g/mol. The summed E-state index contributed by atoms with van der Waals surface area (Å²) in [4.78, 5) is 0. The van der Waals surface area contributed by atoms with Crippen molar-refractivity contribution in [3.05, 3.63) is 0 Å². The molecule has 0 radical (unpaired) electrons. The van der Waals surface area contributed by atoms with Gasteiger partial charge in [0.25, 0.3) is 0 Å². The topological polar surface area (TPSA) is 20.2 Å². The summed E-state index contributed by atoms with van der Waals surface area (Å²) in [6, 6.07) is 0. The summed E-state index contributed by atoms with van der Waals surface area (Å²) in [6.07, 6.45) is 12.9. The summed E-state index contributed by atoms with van der Waals surface area (Å²) in [6.45, 7) is 4.61. The van der Waals surface area contributed by atoms with Crippen LogP contribution in [0.1, 0.15) is 78.1 Å². The smallest absolute Gasteiger partial charge is 0.0542 e. The quantitative estimate of drug-likeness (QED) is 0.660. The third kappa shape index (κ3) is 5.34. The first-order chi connectivity index (χ1) is 7.76. The van der Waals surface area contributed by atoms with E-state index < -0.39 is 0 Å². The Bertz CT molecular complexity index is 167. The third-order valence-corrected chi connectivity index (χ3v) is 4.22. The molecule has 0 aliphatic heterocycles. The zero-order valence-corrected chi connectivity index (χ0v) is 11.3. The average Bonchev–Trinajstić information content (AvgIpc) is 2.48. The predicted molar refractivity (Wildman–Crippen MR) is 70.5 cm³/mol. The van der Waals surface area contributed by atoms with E-state index in [2.05, 4.69) is 13.8 Å². The first-order valence-corrected chi connectivity index (χ1v) is 7.44. The van der Waals surface area contributed by atoms with Crippen molar-refractivity contribution in [1.82, 2.24) is 0 Å². The van der Waals surface area contributed by atoms with E-state index in [1.54, 1.807) is 0 Å². The lowest BCUT2D eigenvalue weighted by Gasteiger charge is -2.22. The van der Waals surface area contributed by atoms with Crippen LogP contribution in [0.5, 0.6) is 0 Å². The van der Waals surface area contributed by atoms with Crippen molar-refractivity contribution in [3.63, 3.8) is 0 Å². The van der Waals surface area contributed by atoms with E-state index in [4.69, 9.17) is 0 Å². The minimum atomic E-state index is -0.00354. The highest BCUT2D eigenvalue weighted by molar-refractivity contribution is 4.73. The Morgan fingerprint density at radius 2 is 1.94 bits per heavy atom. The molecule has 0 aromatic rings. The van der Waals surface area contributed by atoms with Gasteiger partial charge in [0.2, 0.25) is 0 Å².